The average Bonchev–Trinajstić information content (AvgIpc) is 2.98. The zero-order chi connectivity index (χ0) is 15.2. The summed E-state index contributed by atoms with van der Waals surface area (Å²) < 4.78 is 0. The summed E-state index contributed by atoms with van der Waals surface area (Å²) >= 11 is 0. The first-order valence-electron chi connectivity index (χ1n) is 6.52. The Bertz CT molecular complexity index is 610. The smallest absolute Gasteiger partial charge is 0.269 e. The van der Waals surface area contributed by atoms with E-state index >= 15 is 0 Å². The number of anilines is 1. The number of carbonyl (C=O) groups is 1. The van der Waals surface area contributed by atoms with E-state index in [4.69, 9.17) is 5.26 Å². The van der Waals surface area contributed by atoms with Gasteiger partial charge in [0.25, 0.3) is 11.6 Å². The molecule has 0 atom stereocenters. The summed E-state index contributed by atoms with van der Waals surface area (Å²) in [5.41, 5.74) is 0.379. The van der Waals surface area contributed by atoms with Crippen molar-refractivity contribution in [2.24, 2.45) is 0 Å². The van der Waals surface area contributed by atoms with Gasteiger partial charge in [0.05, 0.1) is 4.92 Å². The van der Waals surface area contributed by atoms with Crippen molar-refractivity contribution in [2.45, 2.75) is 12.8 Å². The van der Waals surface area contributed by atoms with Crippen molar-refractivity contribution in [3.05, 3.63) is 46.2 Å². The lowest BCUT2D eigenvalue weighted by Gasteiger charge is -2.12. The van der Waals surface area contributed by atoms with Crippen LogP contribution in [0.4, 0.5) is 11.4 Å². The molecule has 1 fully saturated rings. The van der Waals surface area contributed by atoms with Crippen LogP contribution >= 0.6 is 0 Å². The lowest BCUT2D eigenvalue weighted by atomic mass is 10.2. The van der Waals surface area contributed by atoms with Crippen molar-refractivity contribution in [2.75, 3.05) is 18.4 Å². The summed E-state index contributed by atoms with van der Waals surface area (Å²) in [7, 11) is 0. The first-order valence-corrected chi connectivity index (χ1v) is 6.52. The lowest BCUT2D eigenvalue weighted by molar-refractivity contribution is -0.384. The van der Waals surface area contributed by atoms with Crippen LogP contribution in [-0.4, -0.2) is 28.8 Å². The third-order valence-electron chi connectivity index (χ3n) is 3.15. The summed E-state index contributed by atoms with van der Waals surface area (Å²) in [6, 6.07) is 7.34. The van der Waals surface area contributed by atoms with Crippen LogP contribution in [0, 0.1) is 21.4 Å². The van der Waals surface area contributed by atoms with E-state index in [1.807, 2.05) is 11.0 Å². The normalized spacial score (nSPS) is 14.6. The van der Waals surface area contributed by atoms with Gasteiger partial charge in [-0.25, -0.2) is 0 Å². The molecule has 1 heterocycles. The summed E-state index contributed by atoms with van der Waals surface area (Å²) in [4.78, 5) is 24.0. The average molecular weight is 286 g/mol. The predicted octanol–water partition coefficient (Wildman–Crippen LogP) is 2.04. The number of nitrogens with zero attached hydrogens (tertiary/aromatic N) is 3. The SMILES string of the molecule is N#C/C(=C/N1CCCC1)C(=O)Nc1ccc([N+](=O)[O-])cc1. The van der Waals surface area contributed by atoms with Crippen LogP contribution < -0.4 is 5.32 Å². The highest BCUT2D eigenvalue weighted by Gasteiger charge is 2.14. The van der Waals surface area contributed by atoms with Crippen LogP contribution in [0.2, 0.25) is 0 Å². The van der Waals surface area contributed by atoms with Gasteiger partial charge in [-0.3, -0.25) is 14.9 Å². The van der Waals surface area contributed by atoms with Gasteiger partial charge in [-0.15, -0.1) is 0 Å². The number of nitro groups is 1. The predicted molar refractivity (Wildman–Crippen MR) is 76.2 cm³/mol. The van der Waals surface area contributed by atoms with Gasteiger partial charge in [-0.2, -0.15) is 5.26 Å². The molecule has 0 unspecified atom stereocenters. The minimum absolute atomic E-state index is 0.0234. The molecule has 1 aromatic carbocycles. The van der Waals surface area contributed by atoms with E-state index in [0.29, 0.717) is 5.69 Å². The van der Waals surface area contributed by atoms with Crippen LogP contribution in [0.25, 0.3) is 0 Å². The molecule has 1 saturated heterocycles. The maximum atomic E-state index is 12.0. The quantitative estimate of drug-likeness (QED) is 0.395. The molecule has 0 aromatic heterocycles. The molecule has 7 nitrogen and oxygen atoms in total. The summed E-state index contributed by atoms with van der Waals surface area (Å²) in [5.74, 6) is -0.516. The minimum atomic E-state index is -0.516. The van der Waals surface area contributed by atoms with Crippen molar-refractivity contribution < 1.29 is 9.72 Å². The number of nitriles is 1. The first kappa shape index (κ1) is 14.5. The second-order valence-corrected chi connectivity index (χ2v) is 4.66. The number of amides is 1. The summed E-state index contributed by atoms with van der Waals surface area (Å²) in [5, 5.41) is 22.2. The van der Waals surface area contributed by atoms with Crippen LogP contribution in [0.5, 0.6) is 0 Å². The highest BCUT2D eigenvalue weighted by Crippen LogP contribution is 2.16. The molecule has 1 amide bonds. The van der Waals surface area contributed by atoms with Gasteiger partial charge in [0.2, 0.25) is 0 Å². The van der Waals surface area contributed by atoms with Crippen molar-refractivity contribution in [3.63, 3.8) is 0 Å². The van der Waals surface area contributed by atoms with E-state index in [1.165, 1.54) is 24.3 Å². The Morgan fingerprint density at radius 2 is 1.95 bits per heavy atom. The van der Waals surface area contributed by atoms with Gasteiger partial charge in [0.1, 0.15) is 11.6 Å². The molecule has 1 aliphatic rings. The molecule has 0 spiro atoms. The van der Waals surface area contributed by atoms with Crippen LogP contribution in [-0.2, 0) is 4.79 Å². The zero-order valence-corrected chi connectivity index (χ0v) is 11.3. The molecule has 1 aliphatic heterocycles. The van der Waals surface area contributed by atoms with Gasteiger partial charge >= 0.3 is 0 Å². The second kappa shape index (κ2) is 6.52. The maximum absolute atomic E-state index is 12.0. The number of likely N-dealkylation sites (tertiary alicyclic amines) is 1. The third kappa shape index (κ3) is 3.79. The van der Waals surface area contributed by atoms with Gasteiger partial charge in [0, 0.05) is 37.1 Å². The Balaban J connectivity index is 2.05. The van der Waals surface area contributed by atoms with E-state index in [1.54, 1.807) is 6.20 Å². The molecule has 0 saturated carbocycles. The first-order chi connectivity index (χ1) is 10.1. The van der Waals surface area contributed by atoms with E-state index in [0.717, 1.165) is 25.9 Å². The molecule has 1 N–H and O–H groups in total. The van der Waals surface area contributed by atoms with Crippen molar-refractivity contribution in [3.8, 4) is 6.07 Å². The fourth-order valence-electron chi connectivity index (χ4n) is 2.06. The standard InChI is InChI=1S/C14H14N4O3/c15-9-11(10-17-7-1-2-8-17)14(19)16-12-3-5-13(6-4-12)18(20)21/h3-6,10H,1-2,7-8H2,(H,16,19)/b11-10-. The van der Waals surface area contributed by atoms with E-state index in [2.05, 4.69) is 5.32 Å². The molecule has 0 aliphatic carbocycles. The number of hydrogen-bond acceptors (Lipinski definition) is 5. The number of nitrogens with one attached hydrogen (secondary N) is 1. The molecule has 7 heteroatoms. The highest BCUT2D eigenvalue weighted by atomic mass is 16.6. The Morgan fingerprint density at radius 1 is 1.33 bits per heavy atom. The van der Waals surface area contributed by atoms with E-state index < -0.39 is 10.8 Å². The Morgan fingerprint density at radius 3 is 2.48 bits per heavy atom. The Kier molecular flexibility index (Phi) is 4.51. The molecule has 1 aromatic rings. The van der Waals surface area contributed by atoms with Gasteiger partial charge < -0.3 is 10.2 Å². The van der Waals surface area contributed by atoms with Crippen molar-refractivity contribution >= 4 is 17.3 Å². The zero-order valence-electron chi connectivity index (χ0n) is 11.3. The number of carbonyl (C=O) groups excluding carboxylic acids is 1. The number of benzene rings is 1. The molecule has 21 heavy (non-hydrogen) atoms. The number of non-ortho nitro benzene ring substituents is 1. The van der Waals surface area contributed by atoms with Crippen molar-refractivity contribution in [1.82, 2.24) is 4.90 Å². The molecule has 108 valence electrons. The van der Waals surface area contributed by atoms with Gasteiger partial charge in [-0.1, -0.05) is 0 Å². The van der Waals surface area contributed by atoms with Gasteiger partial charge in [0.15, 0.2) is 0 Å². The molecule has 2 rings (SSSR count). The van der Waals surface area contributed by atoms with E-state index in [9.17, 15) is 14.9 Å². The summed E-state index contributed by atoms with van der Waals surface area (Å²) in [6.07, 6.45) is 3.67. The number of nitro benzene ring substituents is 1. The maximum Gasteiger partial charge on any atom is 0.269 e. The second-order valence-electron chi connectivity index (χ2n) is 4.66. The minimum Gasteiger partial charge on any atom is -0.376 e. The third-order valence-corrected chi connectivity index (χ3v) is 3.15. The molecule has 0 radical (unpaired) electrons. The Labute approximate surface area is 121 Å². The molecular formula is C14H14N4O3. The van der Waals surface area contributed by atoms with E-state index in [-0.39, 0.29) is 11.3 Å². The highest BCUT2D eigenvalue weighted by molar-refractivity contribution is 6.06. The molecular weight excluding hydrogens is 272 g/mol. The van der Waals surface area contributed by atoms with Crippen LogP contribution in [0.15, 0.2) is 36.0 Å². The monoisotopic (exact) mass is 286 g/mol. The van der Waals surface area contributed by atoms with Gasteiger partial charge in [-0.05, 0) is 25.0 Å². The van der Waals surface area contributed by atoms with Crippen molar-refractivity contribution in [1.29, 1.82) is 5.26 Å². The fraction of sp³-hybridized carbons (Fsp3) is 0.286. The van der Waals surface area contributed by atoms with Crippen LogP contribution in [0.1, 0.15) is 12.8 Å². The Hall–Kier alpha value is -2.88. The number of rotatable bonds is 4. The van der Waals surface area contributed by atoms with Crippen LogP contribution in [0.3, 0.4) is 0 Å². The molecule has 0 bridgehead atoms. The summed E-state index contributed by atoms with van der Waals surface area (Å²) in [6.45, 7) is 1.69. The fourth-order valence-corrected chi connectivity index (χ4v) is 2.06. The topological polar surface area (TPSA) is 99.3 Å². The number of hydrogen-bond donors (Lipinski definition) is 1. The largest absolute Gasteiger partial charge is 0.376 e. The lowest BCUT2D eigenvalue weighted by Crippen LogP contribution is -2.18.